The van der Waals surface area contributed by atoms with Crippen LogP contribution in [0, 0.1) is 0 Å². The molecule has 0 spiro atoms. The molecule has 4 rings (SSSR count). The SMILES string of the molecule is O=C1CSC(=O)N1C1CCN(S(=O)(=O)c2ccc3c(c2)CCCC3)C1. The maximum Gasteiger partial charge on any atom is 0.289 e. The molecule has 1 aromatic rings. The van der Waals surface area contributed by atoms with Crippen molar-refractivity contribution < 1.29 is 18.0 Å². The predicted molar refractivity (Wildman–Crippen MR) is 94.9 cm³/mol. The van der Waals surface area contributed by atoms with E-state index in [0.717, 1.165) is 43.0 Å². The number of amides is 2. The quantitative estimate of drug-likeness (QED) is 0.802. The van der Waals surface area contributed by atoms with Gasteiger partial charge in [0.2, 0.25) is 15.9 Å². The van der Waals surface area contributed by atoms with Gasteiger partial charge in [-0.2, -0.15) is 4.31 Å². The monoisotopic (exact) mass is 380 g/mol. The summed E-state index contributed by atoms with van der Waals surface area (Å²) in [7, 11) is -3.59. The third-order valence-electron chi connectivity index (χ3n) is 5.23. The molecule has 2 heterocycles. The summed E-state index contributed by atoms with van der Waals surface area (Å²) in [5, 5.41) is -0.261. The first kappa shape index (κ1) is 17.1. The summed E-state index contributed by atoms with van der Waals surface area (Å²) < 4.78 is 27.4. The largest absolute Gasteiger partial charge is 0.289 e. The highest BCUT2D eigenvalue weighted by atomic mass is 32.2. The number of benzene rings is 1. The molecule has 0 N–H and O–H groups in total. The van der Waals surface area contributed by atoms with E-state index in [4.69, 9.17) is 0 Å². The minimum atomic E-state index is -3.59. The Bertz CT molecular complexity index is 821. The fourth-order valence-electron chi connectivity index (χ4n) is 3.88. The van der Waals surface area contributed by atoms with Gasteiger partial charge in [0.25, 0.3) is 5.24 Å². The highest BCUT2D eigenvalue weighted by Gasteiger charge is 2.42. The number of thioether (sulfide) groups is 1. The number of sulfonamides is 1. The average molecular weight is 380 g/mol. The second kappa shape index (κ2) is 6.41. The van der Waals surface area contributed by atoms with Crippen molar-refractivity contribution in [1.82, 2.24) is 9.21 Å². The highest BCUT2D eigenvalue weighted by molar-refractivity contribution is 8.14. The molecule has 3 aliphatic rings. The van der Waals surface area contributed by atoms with Crippen molar-refractivity contribution in [2.24, 2.45) is 0 Å². The minimum absolute atomic E-state index is 0.160. The molecule has 25 heavy (non-hydrogen) atoms. The lowest BCUT2D eigenvalue weighted by Crippen LogP contribution is -2.41. The Morgan fingerprint density at radius 3 is 2.56 bits per heavy atom. The van der Waals surface area contributed by atoms with E-state index in [-0.39, 0.29) is 29.5 Å². The second-order valence-electron chi connectivity index (χ2n) is 6.76. The zero-order valence-corrected chi connectivity index (χ0v) is 15.4. The lowest BCUT2D eigenvalue weighted by Gasteiger charge is -2.22. The first-order valence-corrected chi connectivity index (χ1v) is 11.0. The first-order chi connectivity index (χ1) is 12.0. The molecule has 0 bridgehead atoms. The van der Waals surface area contributed by atoms with Crippen LogP contribution in [0.4, 0.5) is 4.79 Å². The minimum Gasteiger partial charge on any atom is -0.273 e. The van der Waals surface area contributed by atoms with E-state index in [9.17, 15) is 18.0 Å². The van der Waals surface area contributed by atoms with Crippen LogP contribution in [0.3, 0.4) is 0 Å². The molecule has 1 aromatic carbocycles. The first-order valence-electron chi connectivity index (χ1n) is 8.57. The Morgan fingerprint density at radius 2 is 1.84 bits per heavy atom. The number of carbonyl (C=O) groups excluding carboxylic acids is 2. The van der Waals surface area contributed by atoms with Gasteiger partial charge in [0.15, 0.2) is 0 Å². The Morgan fingerprint density at radius 1 is 1.08 bits per heavy atom. The van der Waals surface area contributed by atoms with E-state index in [2.05, 4.69) is 0 Å². The molecule has 1 atom stereocenters. The van der Waals surface area contributed by atoms with Gasteiger partial charge in [-0.15, -0.1) is 0 Å². The summed E-state index contributed by atoms with van der Waals surface area (Å²) in [5.41, 5.74) is 2.37. The Balaban J connectivity index is 1.55. The summed E-state index contributed by atoms with van der Waals surface area (Å²) >= 11 is 0.990. The number of carbonyl (C=O) groups is 2. The maximum atomic E-state index is 13.0. The van der Waals surface area contributed by atoms with Crippen LogP contribution < -0.4 is 0 Å². The van der Waals surface area contributed by atoms with Crippen LogP contribution in [0.1, 0.15) is 30.4 Å². The van der Waals surface area contributed by atoms with Crippen LogP contribution in [-0.4, -0.2) is 53.7 Å². The van der Waals surface area contributed by atoms with E-state index < -0.39 is 10.0 Å². The molecular formula is C17H20N2O4S2. The Hall–Kier alpha value is -1.38. The normalized spacial score (nSPS) is 24.8. The highest BCUT2D eigenvalue weighted by Crippen LogP contribution is 2.30. The molecule has 2 fully saturated rings. The smallest absolute Gasteiger partial charge is 0.273 e. The van der Waals surface area contributed by atoms with Crippen molar-refractivity contribution in [3.05, 3.63) is 29.3 Å². The van der Waals surface area contributed by atoms with Gasteiger partial charge >= 0.3 is 0 Å². The number of hydrogen-bond acceptors (Lipinski definition) is 5. The standard InChI is InChI=1S/C17H20N2O4S2/c20-16-11-24-17(21)19(16)14-7-8-18(10-14)25(22,23)15-6-5-12-3-1-2-4-13(12)9-15/h5-6,9,14H,1-4,7-8,10-11H2. The topological polar surface area (TPSA) is 74.8 Å². The van der Waals surface area contributed by atoms with Gasteiger partial charge < -0.3 is 0 Å². The Labute approximate surface area is 151 Å². The van der Waals surface area contributed by atoms with Gasteiger partial charge in [-0.25, -0.2) is 8.42 Å². The zero-order valence-electron chi connectivity index (χ0n) is 13.8. The number of fused-ring (bicyclic) bond motifs is 1. The van der Waals surface area contributed by atoms with Crippen LogP contribution in [-0.2, 0) is 27.7 Å². The fourth-order valence-corrected chi connectivity index (χ4v) is 6.20. The summed E-state index contributed by atoms with van der Waals surface area (Å²) in [6, 6.07) is 5.08. The van der Waals surface area contributed by atoms with Crippen molar-refractivity contribution in [1.29, 1.82) is 0 Å². The van der Waals surface area contributed by atoms with E-state index in [1.165, 1.54) is 14.8 Å². The maximum absolute atomic E-state index is 13.0. The van der Waals surface area contributed by atoms with E-state index in [1.54, 1.807) is 12.1 Å². The van der Waals surface area contributed by atoms with Crippen LogP contribution in [0.15, 0.2) is 23.1 Å². The third kappa shape index (κ3) is 3.00. The van der Waals surface area contributed by atoms with Crippen LogP contribution in [0.25, 0.3) is 0 Å². The molecule has 134 valence electrons. The summed E-state index contributed by atoms with van der Waals surface area (Å²) in [6.07, 6.45) is 4.69. The van der Waals surface area contributed by atoms with E-state index in [0.29, 0.717) is 17.9 Å². The fraction of sp³-hybridized carbons (Fsp3) is 0.529. The molecule has 8 heteroatoms. The second-order valence-corrected chi connectivity index (χ2v) is 9.63. The van der Waals surface area contributed by atoms with Gasteiger partial charge in [0.05, 0.1) is 16.7 Å². The number of rotatable bonds is 3. The lowest BCUT2D eigenvalue weighted by atomic mass is 9.92. The molecule has 6 nitrogen and oxygen atoms in total. The van der Waals surface area contributed by atoms with E-state index >= 15 is 0 Å². The Kier molecular flexibility index (Phi) is 4.37. The molecule has 2 saturated heterocycles. The van der Waals surface area contributed by atoms with Crippen molar-refractivity contribution in [2.75, 3.05) is 18.8 Å². The molecule has 0 saturated carbocycles. The number of nitrogens with zero attached hydrogens (tertiary/aromatic N) is 2. The van der Waals surface area contributed by atoms with E-state index in [1.807, 2.05) is 6.07 Å². The molecule has 1 aliphatic carbocycles. The summed E-state index contributed by atoms with van der Waals surface area (Å²) in [5.74, 6) is -0.0552. The molecule has 0 aromatic heterocycles. The molecular weight excluding hydrogens is 360 g/mol. The lowest BCUT2D eigenvalue weighted by molar-refractivity contribution is -0.126. The van der Waals surface area contributed by atoms with Gasteiger partial charge in [0, 0.05) is 13.1 Å². The molecule has 2 aliphatic heterocycles. The van der Waals surface area contributed by atoms with Crippen LogP contribution in [0.2, 0.25) is 0 Å². The van der Waals surface area contributed by atoms with Crippen molar-refractivity contribution in [3.63, 3.8) is 0 Å². The molecule has 0 radical (unpaired) electrons. The van der Waals surface area contributed by atoms with Crippen LogP contribution >= 0.6 is 11.8 Å². The summed E-state index contributed by atoms with van der Waals surface area (Å²) in [4.78, 5) is 25.3. The van der Waals surface area contributed by atoms with Gasteiger partial charge in [-0.3, -0.25) is 14.5 Å². The molecule has 2 amide bonds. The number of hydrogen-bond donors (Lipinski definition) is 0. The average Bonchev–Trinajstić information content (AvgIpc) is 3.21. The van der Waals surface area contributed by atoms with Crippen molar-refractivity contribution in [3.8, 4) is 0 Å². The van der Waals surface area contributed by atoms with Gasteiger partial charge in [0.1, 0.15) is 0 Å². The van der Waals surface area contributed by atoms with Gasteiger partial charge in [-0.05, 0) is 55.4 Å². The van der Waals surface area contributed by atoms with Crippen molar-refractivity contribution >= 4 is 32.9 Å². The van der Waals surface area contributed by atoms with Gasteiger partial charge in [-0.1, -0.05) is 17.8 Å². The summed E-state index contributed by atoms with van der Waals surface area (Å²) in [6.45, 7) is 0.531. The number of aryl methyl sites for hydroxylation is 2. The number of imide groups is 1. The van der Waals surface area contributed by atoms with Crippen LogP contribution in [0.5, 0.6) is 0 Å². The predicted octanol–water partition coefficient (Wildman–Crippen LogP) is 2.02. The van der Waals surface area contributed by atoms with Crippen molar-refractivity contribution in [2.45, 2.75) is 43.0 Å². The zero-order chi connectivity index (χ0) is 17.6. The third-order valence-corrected chi connectivity index (χ3v) is 7.93. The molecule has 1 unspecified atom stereocenters.